The van der Waals surface area contributed by atoms with Gasteiger partial charge in [0.2, 0.25) is 5.91 Å². The highest BCUT2D eigenvalue weighted by Crippen LogP contribution is 2.20. The van der Waals surface area contributed by atoms with Crippen molar-refractivity contribution < 1.29 is 4.79 Å². The van der Waals surface area contributed by atoms with Crippen LogP contribution in [0.25, 0.3) is 0 Å². The van der Waals surface area contributed by atoms with Crippen LogP contribution in [0.3, 0.4) is 0 Å². The molecule has 0 radical (unpaired) electrons. The Morgan fingerprint density at radius 1 is 1.33 bits per heavy atom. The van der Waals surface area contributed by atoms with Crippen molar-refractivity contribution in [1.29, 1.82) is 0 Å². The third-order valence-electron chi connectivity index (χ3n) is 3.37. The van der Waals surface area contributed by atoms with E-state index in [4.69, 9.17) is 5.73 Å². The van der Waals surface area contributed by atoms with E-state index < -0.39 is 0 Å². The summed E-state index contributed by atoms with van der Waals surface area (Å²) in [7, 11) is 0. The third kappa shape index (κ3) is 3.36. The Hall–Kier alpha value is -1.77. The molecule has 2 rings (SSSR count). The lowest BCUT2D eigenvalue weighted by Gasteiger charge is -2.15. The fraction of sp³-hybridized carbons (Fsp3) is 0.400. The van der Waals surface area contributed by atoms with E-state index >= 15 is 0 Å². The van der Waals surface area contributed by atoms with Crippen LogP contribution in [0.15, 0.2) is 36.4 Å². The van der Waals surface area contributed by atoms with Crippen molar-refractivity contribution in [3.05, 3.63) is 42.0 Å². The molecule has 1 atom stereocenters. The van der Waals surface area contributed by atoms with Gasteiger partial charge in [0, 0.05) is 18.2 Å². The number of nitrogens with two attached hydrogens (primary N) is 1. The van der Waals surface area contributed by atoms with Crippen molar-refractivity contribution in [3.63, 3.8) is 0 Å². The number of nitrogens with one attached hydrogen (secondary N) is 1. The number of carbonyl (C=O) groups excluding carboxylic acids is 1. The Kier molecular flexibility index (Phi) is 4.03. The van der Waals surface area contributed by atoms with Crippen LogP contribution in [0.5, 0.6) is 0 Å². The monoisotopic (exact) mass is 244 g/mol. The molecule has 1 amide bonds. The minimum atomic E-state index is 0.132. The van der Waals surface area contributed by atoms with Gasteiger partial charge in [-0.2, -0.15) is 0 Å². The van der Waals surface area contributed by atoms with Gasteiger partial charge in [-0.25, -0.2) is 0 Å². The Labute approximate surface area is 108 Å². The summed E-state index contributed by atoms with van der Waals surface area (Å²) in [6.07, 6.45) is 6.69. The molecule has 0 saturated carbocycles. The quantitative estimate of drug-likeness (QED) is 0.632. The minimum absolute atomic E-state index is 0.132. The highest BCUT2D eigenvalue weighted by atomic mass is 16.1. The predicted molar refractivity (Wildman–Crippen MR) is 74.2 cm³/mol. The molecular formula is C15H20N2O. The molecule has 0 aliphatic heterocycles. The van der Waals surface area contributed by atoms with E-state index in [2.05, 4.69) is 24.4 Å². The average Bonchev–Trinajstić information content (AvgIpc) is 2.82. The second kappa shape index (κ2) is 5.71. The number of anilines is 1. The summed E-state index contributed by atoms with van der Waals surface area (Å²) in [5, 5.41) is 3.06. The molecule has 0 spiro atoms. The molecule has 3 N–H and O–H groups in total. The van der Waals surface area contributed by atoms with Crippen LogP contribution in [0.2, 0.25) is 0 Å². The maximum atomic E-state index is 11.9. The van der Waals surface area contributed by atoms with Gasteiger partial charge in [-0.3, -0.25) is 4.79 Å². The van der Waals surface area contributed by atoms with Crippen molar-refractivity contribution >= 4 is 11.6 Å². The highest BCUT2D eigenvalue weighted by Gasteiger charge is 2.16. The van der Waals surface area contributed by atoms with Crippen molar-refractivity contribution in [2.24, 2.45) is 0 Å². The van der Waals surface area contributed by atoms with Crippen molar-refractivity contribution in [1.82, 2.24) is 5.32 Å². The topological polar surface area (TPSA) is 55.1 Å². The van der Waals surface area contributed by atoms with Gasteiger partial charge >= 0.3 is 0 Å². The van der Waals surface area contributed by atoms with Gasteiger partial charge in [-0.15, -0.1) is 0 Å². The van der Waals surface area contributed by atoms with Crippen molar-refractivity contribution in [2.75, 3.05) is 5.73 Å². The van der Waals surface area contributed by atoms with E-state index in [9.17, 15) is 4.79 Å². The molecule has 0 heterocycles. The van der Waals surface area contributed by atoms with Crippen LogP contribution < -0.4 is 11.1 Å². The lowest BCUT2D eigenvalue weighted by Crippen LogP contribution is -2.33. The number of carbonyl (C=O) groups is 1. The fourth-order valence-corrected chi connectivity index (χ4v) is 2.24. The molecule has 96 valence electrons. The smallest absolute Gasteiger partial charge is 0.220 e. The van der Waals surface area contributed by atoms with Gasteiger partial charge in [0.15, 0.2) is 0 Å². The minimum Gasteiger partial charge on any atom is -0.399 e. The zero-order valence-corrected chi connectivity index (χ0v) is 10.7. The van der Waals surface area contributed by atoms with Gasteiger partial charge in [-0.1, -0.05) is 31.2 Å². The molecule has 1 aliphatic rings. The Balaban J connectivity index is 1.84. The Bertz CT molecular complexity index is 428. The molecule has 18 heavy (non-hydrogen) atoms. The van der Waals surface area contributed by atoms with Gasteiger partial charge in [-0.05, 0) is 36.5 Å². The van der Waals surface area contributed by atoms with Gasteiger partial charge < -0.3 is 11.1 Å². The molecule has 3 heteroatoms. The number of nitrogen functional groups attached to an aromatic ring is 1. The molecule has 1 aromatic rings. The third-order valence-corrected chi connectivity index (χ3v) is 3.37. The van der Waals surface area contributed by atoms with Crippen LogP contribution in [0.1, 0.15) is 37.7 Å². The standard InChI is InChI=1S/C15H20N2O/c1-11(12-6-8-13(16)9-7-12)10-15(18)17-14-4-2-3-5-14/h2-3,6-9,11,14H,4-5,10,16H2,1H3,(H,17,18). The molecular weight excluding hydrogens is 224 g/mol. The molecule has 0 saturated heterocycles. The summed E-state index contributed by atoms with van der Waals surface area (Å²) in [4.78, 5) is 11.9. The summed E-state index contributed by atoms with van der Waals surface area (Å²) >= 11 is 0. The summed E-state index contributed by atoms with van der Waals surface area (Å²) in [6.45, 7) is 2.07. The first-order valence-electron chi connectivity index (χ1n) is 6.45. The first-order chi connectivity index (χ1) is 8.65. The molecule has 1 unspecified atom stereocenters. The number of benzene rings is 1. The van der Waals surface area contributed by atoms with E-state index in [1.54, 1.807) is 0 Å². The fourth-order valence-electron chi connectivity index (χ4n) is 2.24. The molecule has 0 aromatic heterocycles. The molecule has 0 bridgehead atoms. The normalized spacial score (nSPS) is 16.7. The van der Waals surface area contributed by atoms with E-state index in [1.165, 1.54) is 0 Å². The summed E-state index contributed by atoms with van der Waals surface area (Å²) in [6, 6.07) is 8.04. The Morgan fingerprint density at radius 2 is 1.94 bits per heavy atom. The van der Waals surface area contributed by atoms with Gasteiger partial charge in [0.05, 0.1) is 0 Å². The second-order valence-electron chi connectivity index (χ2n) is 4.98. The summed E-state index contributed by atoms with van der Waals surface area (Å²) in [5.41, 5.74) is 7.56. The van der Waals surface area contributed by atoms with Crippen molar-refractivity contribution in [2.45, 2.75) is 38.1 Å². The van der Waals surface area contributed by atoms with E-state index in [0.29, 0.717) is 12.5 Å². The largest absolute Gasteiger partial charge is 0.399 e. The van der Waals surface area contributed by atoms with Crippen LogP contribution in [-0.2, 0) is 4.79 Å². The first kappa shape index (κ1) is 12.7. The second-order valence-corrected chi connectivity index (χ2v) is 4.98. The van der Waals surface area contributed by atoms with E-state index in [0.717, 1.165) is 24.1 Å². The molecule has 3 nitrogen and oxygen atoms in total. The number of hydrogen-bond acceptors (Lipinski definition) is 2. The maximum Gasteiger partial charge on any atom is 0.220 e. The zero-order valence-electron chi connectivity index (χ0n) is 10.7. The van der Waals surface area contributed by atoms with Crippen LogP contribution in [0.4, 0.5) is 5.69 Å². The number of hydrogen-bond donors (Lipinski definition) is 2. The molecule has 1 aromatic carbocycles. The summed E-state index contributed by atoms with van der Waals surface area (Å²) < 4.78 is 0. The van der Waals surface area contributed by atoms with Gasteiger partial charge in [0.1, 0.15) is 0 Å². The van der Waals surface area contributed by atoms with Gasteiger partial charge in [0.25, 0.3) is 0 Å². The number of rotatable bonds is 4. The van der Waals surface area contributed by atoms with E-state index in [1.807, 2.05) is 24.3 Å². The van der Waals surface area contributed by atoms with Crippen LogP contribution in [0, 0.1) is 0 Å². The van der Waals surface area contributed by atoms with Crippen molar-refractivity contribution in [3.8, 4) is 0 Å². The first-order valence-corrected chi connectivity index (χ1v) is 6.45. The molecule has 0 fully saturated rings. The number of amides is 1. The SMILES string of the molecule is CC(CC(=O)NC1CC=CC1)c1ccc(N)cc1. The van der Waals surface area contributed by atoms with E-state index in [-0.39, 0.29) is 11.8 Å². The molecule has 1 aliphatic carbocycles. The average molecular weight is 244 g/mol. The predicted octanol–water partition coefficient (Wildman–Crippen LogP) is 2.60. The lowest BCUT2D eigenvalue weighted by molar-refractivity contribution is -0.122. The zero-order chi connectivity index (χ0) is 13.0. The maximum absolute atomic E-state index is 11.9. The Morgan fingerprint density at radius 3 is 2.56 bits per heavy atom. The lowest BCUT2D eigenvalue weighted by atomic mass is 9.97. The highest BCUT2D eigenvalue weighted by molar-refractivity contribution is 5.77. The van der Waals surface area contributed by atoms with Crippen LogP contribution in [-0.4, -0.2) is 11.9 Å². The van der Waals surface area contributed by atoms with Crippen LogP contribution >= 0.6 is 0 Å². The summed E-state index contributed by atoms with van der Waals surface area (Å²) in [5.74, 6) is 0.355.